The van der Waals surface area contributed by atoms with E-state index in [2.05, 4.69) is 25.2 Å². The van der Waals surface area contributed by atoms with Crippen LogP contribution in [0.25, 0.3) is 5.82 Å². The van der Waals surface area contributed by atoms with Gasteiger partial charge in [0.05, 0.1) is 17.9 Å². The van der Waals surface area contributed by atoms with Crippen molar-refractivity contribution in [2.24, 2.45) is 0 Å². The van der Waals surface area contributed by atoms with Crippen LogP contribution in [0.2, 0.25) is 0 Å². The van der Waals surface area contributed by atoms with Gasteiger partial charge in [0.25, 0.3) is 0 Å². The first kappa shape index (κ1) is 21.0. The van der Waals surface area contributed by atoms with E-state index in [9.17, 15) is 4.79 Å². The van der Waals surface area contributed by atoms with Gasteiger partial charge in [0.2, 0.25) is 5.91 Å². The van der Waals surface area contributed by atoms with Crippen molar-refractivity contribution in [3.05, 3.63) is 59.4 Å². The second-order valence-electron chi connectivity index (χ2n) is 7.94. The fraction of sp³-hybridized carbons (Fsp3) is 0.435. The summed E-state index contributed by atoms with van der Waals surface area (Å²) in [4.78, 5) is 27.8. The molecule has 0 unspecified atom stereocenters. The van der Waals surface area contributed by atoms with E-state index >= 15 is 0 Å². The smallest absolute Gasteiger partial charge is 0.220 e. The lowest BCUT2D eigenvalue weighted by Crippen LogP contribution is -2.30. The van der Waals surface area contributed by atoms with E-state index < -0.39 is 0 Å². The van der Waals surface area contributed by atoms with E-state index in [1.54, 1.807) is 12.5 Å². The lowest BCUT2D eigenvalue weighted by molar-refractivity contribution is -0.121. The first-order valence-corrected chi connectivity index (χ1v) is 10.9. The molecule has 0 aliphatic carbocycles. The standard InChI is InChI=1S/C23H29N7O/c1-17-20(9-10-23(31)25-15-19-8-4-5-11-24-19)18(2)30(28-17)22-14-21(26-16-27-22)29-12-6-3-7-13-29/h4-5,8,11,14,16H,3,6-7,9-10,12-13,15H2,1-2H3,(H,25,31). The van der Waals surface area contributed by atoms with E-state index in [1.165, 1.54) is 19.3 Å². The summed E-state index contributed by atoms with van der Waals surface area (Å²) < 4.78 is 1.87. The summed E-state index contributed by atoms with van der Waals surface area (Å²) in [7, 11) is 0. The summed E-state index contributed by atoms with van der Waals surface area (Å²) in [5, 5.41) is 7.64. The molecule has 0 spiro atoms. The molecule has 4 rings (SSSR count). The number of carbonyl (C=O) groups is 1. The highest BCUT2D eigenvalue weighted by Crippen LogP contribution is 2.22. The molecule has 1 aliphatic rings. The lowest BCUT2D eigenvalue weighted by Gasteiger charge is -2.27. The van der Waals surface area contributed by atoms with Crippen molar-refractivity contribution >= 4 is 11.7 Å². The molecule has 0 aromatic carbocycles. The Labute approximate surface area is 182 Å². The number of hydrogen-bond acceptors (Lipinski definition) is 6. The van der Waals surface area contributed by atoms with Crippen molar-refractivity contribution in [2.75, 3.05) is 18.0 Å². The van der Waals surface area contributed by atoms with Crippen molar-refractivity contribution in [2.45, 2.75) is 52.5 Å². The van der Waals surface area contributed by atoms with E-state index in [0.717, 1.165) is 47.4 Å². The van der Waals surface area contributed by atoms with Gasteiger partial charge in [-0.1, -0.05) is 6.07 Å². The molecule has 3 aromatic heterocycles. The summed E-state index contributed by atoms with van der Waals surface area (Å²) in [6, 6.07) is 7.69. The lowest BCUT2D eigenvalue weighted by atomic mass is 10.1. The summed E-state index contributed by atoms with van der Waals surface area (Å²) in [6.07, 6.45) is 8.06. The van der Waals surface area contributed by atoms with Crippen LogP contribution in [-0.4, -0.2) is 43.7 Å². The van der Waals surface area contributed by atoms with Gasteiger partial charge in [-0.15, -0.1) is 0 Å². The Morgan fingerprint density at radius 2 is 1.87 bits per heavy atom. The number of anilines is 1. The van der Waals surface area contributed by atoms with Crippen LogP contribution in [0.15, 0.2) is 36.8 Å². The summed E-state index contributed by atoms with van der Waals surface area (Å²) in [6.45, 7) is 6.52. The quantitative estimate of drug-likeness (QED) is 0.633. The Kier molecular flexibility index (Phi) is 6.54. The highest BCUT2D eigenvalue weighted by molar-refractivity contribution is 5.76. The van der Waals surface area contributed by atoms with E-state index in [4.69, 9.17) is 5.10 Å². The molecule has 0 atom stereocenters. The first-order valence-electron chi connectivity index (χ1n) is 10.9. The minimum atomic E-state index is 0.00613. The molecule has 8 nitrogen and oxygen atoms in total. The second kappa shape index (κ2) is 9.68. The Morgan fingerprint density at radius 1 is 1.06 bits per heavy atom. The van der Waals surface area contributed by atoms with Gasteiger partial charge < -0.3 is 10.2 Å². The first-order chi connectivity index (χ1) is 15.1. The second-order valence-corrected chi connectivity index (χ2v) is 7.94. The molecule has 1 amide bonds. The third-order valence-electron chi connectivity index (χ3n) is 5.77. The monoisotopic (exact) mass is 419 g/mol. The average molecular weight is 420 g/mol. The summed E-state index contributed by atoms with van der Waals surface area (Å²) >= 11 is 0. The van der Waals surface area contributed by atoms with Crippen molar-refractivity contribution in [1.29, 1.82) is 0 Å². The minimum absolute atomic E-state index is 0.00613. The number of hydrogen-bond donors (Lipinski definition) is 1. The Hall–Kier alpha value is -3.29. The van der Waals surface area contributed by atoms with Gasteiger partial charge in [-0.2, -0.15) is 5.10 Å². The SMILES string of the molecule is Cc1nn(-c2cc(N3CCCCC3)ncn2)c(C)c1CCC(=O)NCc1ccccn1. The fourth-order valence-electron chi connectivity index (χ4n) is 4.03. The normalized spacial score (nSPS) is 13.9. The van der Waals surface area contributed by atoms with Gasteiger partial charge in [0, 0.05) is 37.5 Å². The predicted molar refractivity (Wildman–Crippen MR) is 119 cm³/mol. The molecular formula is C23H29N7O. The molecule has 0 radical (unpaired) electrons. The number of nitrogens with zero attached hydrogens (tertiary/aromatic N) is 6. The zero-order valence-corrected chi connectivity index (χ0v) is 18.2. The molecule has 1 aliphatic heterocycles. The molecule has 3 aromatic rings. The number of aromatic nitrogens is 5. The van der Waals surface area contributed by atoms with Crippen molar-refractivity contribution in [1.82, 2.24) is 30.0 Å². The van der Waals surface area contributed by atoms with Crippen LogP contribution in [0.5, 0.6) is 0 Å². The summed E-state index contributed by atoms with van der Waals surface area (Å²) in [5.74, 6) is 1.72. The van der Waals surface area contributed by atoms with E-state index in [-0.39, 0.29) is 5.91 Å². The number of aryl methyl sites for hydroxylation is 1. The Balaban J connectivity index is 1.42. The molecule has 1 N–H and O–H groups in total. The number of carbonyl (C=O) groups excluding carboxylic acids is 1. The van der Waals surface area contributed by atoms with Crippen LogP contribution < -0.4 is 10.2 Å². The van der Waals surface area contributed by atoms with Crippen LogP contribution in [-0.2, 0) is 17.8 Å². The zero-order chi connectivity index (χ0) is 21.6. The highest BCUT2D eigenvalue weighted by atomic mass is 16.1. The van der Waals surface area contributed by atoms with Crippen molar-refractivity contribution in [3.63, 3.8) is 0 Å². The number of rotatable bonds is 7. The maximum atomic E-state index is 12.3. The molecule has 0 bridgehead atoms. The predicted octanol–water partition coefficient (Wildman–Crippen LogP) is 2.91. The van der Waals surface area contributed by atoms with E-state index in [1.807, 2.05) is 42.8 Å². The number of amides is 1. The van der Waals surface area contributed by atoms with Crippen LogP contribution in [0, 0.1) is 13.8 Å². The van der Waals surface area contributed by atoms with Gasteiger partial charge in [-0.3, -0.25) is 9.78 Å². The molecule has 8 heteroatoms. The van der Waals surface area contributed by atoms with Gasteiger partial charge in [-0.05, 0) is 57.2 Å². The van der Waals surface area contributed by atoms with Gasteiger partial charge in [-0.25, -0.2) is 14.6 Å². The maximum Gasteiger partial charge on any atom is 0.220 e. The number of pyridine rings is 1. The van der Waals surface area contributed by atoms with Crippen LogP contribution >= 0.6 is 0 Å². The third kappa shape index (κ3) is 5.07. The van der Waals surface area contributed by atoms with Gasteiger partial charge in [0.15, 0.2) is 5.82 Å². The molecule has 1 fully saturated rings. The van der Waals surface area contributed by atoms with Crippen LogP contribution in [0.4, 0.5) is 5.82 Å². The van der Waals surface area contributed by atoms with Crippen molar-refractivity contribution in [3.8, 4) is 5.82 Å². The topological polar surface area (TPSA) is 88.8 Å². The Morgan fingerprint density at radius 3 is 2.65 bits per heavy atom. The van der Waals surface area contributed by atoms with Gasteiger partial charge >= 0.3 is 0 Å². The zero-order valence-electron chi connectivity index (χ0n) is 18.2. The third-order valence-corrected chi connectivity index (χ3v) is 5.77. The maximum absolute atomic E-state index is 12.3. The number of piperidine rings is 1. The molecular weight excluding hydrogens is 390 g/mol. The molecule has 1 saturated heterocycles. The average Bonchev–Trinajstić information content (AvgIpc) is 3.11. The van der Waals surface area contributed by atoms with Crippen LogP contribution in [0.3, 0.4) is 0 Å². The van der Waals surface area contributed by atoms with Crippen LogP contribution in [0.1, 0.15) is 48.3 Å². The number of nitrogens with one attached hydrogen (secondary N) is 1. The Bertz CT molecular complexity index is 1030. The summed E-state index contributed by atoms with van der Waals surface area (Å²) in [5.41, 5.74) is 3.88. The fourth-order valence-corrected chi connectivity index (χ4v) is 4.03. The highest BCUT2D eigenvalue weighted by Gasteiger charge is 2.17. The van der Waals surface area contributed by atoms with Gasteiger partial charge in [0.1, 0.15) is 12.1 Å². The molecule has 0 saturated carbocycles. The molecule has 4 heterocycles. The van der Waals surface area contributed by atoms with E-state index in [0.29, 0.717) is 19.4 Å². The molecule has 31 heavy (non-hydrogen) atoms. The van der Waals surface area contributed by atoms with Crippen molar-refractivity contribution < 1.29 is 4.79 Å². The largest absolute Gasteiger partial charge is 0.356 e. The minimum Gasteiger partial charge on any atom is -0.356 e. The molecule has 162 valence electrons.